The third-order valence-corrected chi connectivity index (χ3v) is 6.89. The second-order valence-corrected chi connectivity index (χ2v) is 10.5. The predicted octanol–water partition coefficient (Wildman–Crippen LogP) is 8.86. The molecule has 40 heavy (non-hydrogen) atoms. The van der Waals surface area contributed by atoms with E-state index in [1.165, 1.54) is 76.0 Å². The number of carbonyl (C=O) groups is 3. The van der Waals surface area contributed by atoms with Crippen LogP contribution in [0.4, 0.5) is 0 Å². The van der Waals surface area contributed by atoms with Gasteiger partial charge in [-0.05, 0) is 37.5 Å². The molecular formula is C33H54O6Sn. The first-order valence-corrected chi connectivity index (χ1v) is 15.7. The van der Waals surface area contributed by atoms with E-state index in [-0.39, 0.29) is 47.2 Å². The van der Waals surface area contributed by atoms with Crippen molar-refractivity contribution in [3.8, 4) is 0 Å². The van der Waals surface area contributed by atoms with Crippen molar-refractivity contribution in [3.05, 3.63) is 34.9 Å². The molecule has 0 atom stereocenters. The summed E-state index contributed by atoms with van der Waals surface area (Å²) in [6.45, 7) is 7.46. The summed E-state index contributed by atoms with van der Waals surface area (Å²) in [6.07, 6.45) is 19.6. The minimum absolute atomic E-state index is 0. The Kier molecular flexibility index (Phi) is 25.3. The van der Waals surface area contributed by atoms with Gasteiger partial charge in [0.25, 0.3) is 0 Å². The molecule has 0 aliphatic rings. The van der Waals surface area contributed by atoms with Crippen LogP contribution in [0.2, 0.25) is 0 Å². The van der Waals surface area contributed by atoms with Crippen LogP contribution >= 0.6 is 0 Å². The Hall–Kier alpha value is -1.57. The number of rotatable bonds is 24. The number of carbonyl (C=O) groups excluding carboxylic acids is 3. The van der Waals surface area contributed by atoms with E-state index in [4.69, 9.17) is 14.2 Å². The molecule has 226 valence electrons. The van der Waals surface area contributed by atoms with E-state index < -0.39 is 17.9 Å². The van der Waals surface area contributed by atoms with Gasteiger partial charge in [0.2, 0.25) is 0 Å². The van der Waals surface area contributed by atoms with E-state index in [0.29, 0.717) is 13.2 Å². The van der Waals surface area contributed by atoms with Crippen LogP contribution in [0.3, 0.4) is 0 Å². The molecule has 0 N–H and O–H groups in total. The van der Waals surface area contributed by atoms with Gasteiger partial charge in [0.15, 0.2) is 0 Å². The first-order valence-electron chi connectivity index (χ1n) is 15.7. The van der Waals surface area contributed by atoms with E-state index in [1.807, 2.05) is 0 Å². The Balaban J connectivity index is 0.0000152. The molecule has 1 aromatic carbocycles. The largest absolute Gasteiger partial charge is 0.462 e. The topological polar surface area (TPSA) is 78.9 Å². The Morgan fingerprint density at radius 2 is 0.825 bits per heavy atom. The summed E-state index contributed by atoms with van der Waals surface area (Å²) in [6, 6.07) is 4.41. The van der Waals surface area contributed by atoms with Crippen molar-refractivity contribution < 1.29 is 28.6 Å². The van der Waals surface area contributed by atoms with Crippen LogP contribution < -0.4 is 0 Å². The third kappa shape index (κ3) is 18.0. The van der Waals surface area contributed by atoms with Crippen LogP contribution in [0.1, 0.15) is 167 Å². The van der Waals surface area contributed by atoms with Gasteiger partial charge in [-0.1, -0.05) is 117 Å². The molecule has 0 spiro atoms. The molecule has 1 aromatic rings. The van der Waals surface area contributed by atoms with Gasteiger partial charge in [-0.3, -0.25) is 0 Å². The van der Waals surface area contributed by atoms with Gasteiger partial charge in [0, 0.05) is 23.9 Å². The van der Waals surface area contributed by atoms with Gasteiger partial charge in [0.1, 0.15) is 0 Å². The molecule has 0 heterocycles. The smallest absolute Gasteiger partial charge is 0.339 e. The zero-order valence-corrected chi connectivity index (χ0v) is 28.4. The molecule has 0 amide bonds. The molecule has 0 unspecified atom stereocenters. The first kappa shape index (κ1) is 38.4. The second kappa shape index (κ2) is 26.3. The van der Waals surface area contributed by atoms with Crippen molar-refractivity contribution in [2.24, 2.45) is 0 Å². The Labute approximate surface area is 260 Å². The molecule has 0 aromatic heterocycles. The fraction of sp³-hybridized carbons (Fsp3) is 0.727. The molecular weight excluding hydrogens is 611 g/mol. The van der Waals surface area contributed by atoms with Crippen molar-refractivity contribution in [1.29, 1.82) is 0 Å². The van der Waals surface area contributed by atoms with E-state index in [9.17, 15) is 14.4 Å². The minimum Gasteiger partial charge on any atom is -0.462 e. The van der Waals surface area contributed by atoms with Crippen molar-refractivity contribution in [2.75, 3.05) is 19.8 Å². The Morgan fingerprint density at radius 3 is 1.25 bits per heavy atom. The summed E-state index contributed by atoms with van der Waals surface area (Å²) in [7, 11) is 0. The fourth-order valence-electron chi connectivity index (χ4n) is 4.40. The van der Waals surface area contributed by atoms with Crippen LogP contribution in [0.25, 0.3) is 0 Å². The van der Waals surface area contributed by atoms with Crippen LogP contribution in [0.5, 0.6) is 0 Å². The molecule has 0 fully saturated rings. The number of hydrogen-bond acceptors (Lipinski definition) is 6. The quantitative estimate of drug-likeness (QED) is 0.0475. The summed E-state index contributed by atoms with van der Waals surface area (Å²) in [5.74, 6) is -1.68. The van der Waals surface area contributed by atoms with Crippen molar-refractivity contribution >= 4 is 41.8 Å². The maximum absolute atomic E-state index is 13.0. The summed E-state index contributed by atoms with van der Waals surface area (Å²) in [5, 5.41) is 0. The van der Waals surface area contributed by atoms with Crippen molar-refractivity contribution in [3.63, 3.8) is 0 Å². The zero-order valence-electron chi connectivity index (χ0n) is 25.5. The Bertz CT molecular complexity index is 810. The molecule has 0 saturated carbocycles. The van der Waals surface area contributed by atoms with E-state index in [0.717, 1.165) is 57.8 Å². The molecule has 0 aliphatic heterocycles. The number of unbranched alkanes of at least 4 members (excludes halogenated alkanes) is 15. The molecule has 4 radical (unpaired) electrons. The molecule has 0 bridgehead atoms. The number of benzene rings is 1. The summed E-state index contributed by atoms with van der Waals surface area (Å²) < 4.78 is 16.4. The van der Waals surface area contributed by atoms with Gasteiger partial charge in [-0.2, -0.15) is 0 Å². The van der Waals surface area contributed by atoms with Gasteiger partial charge < -0.3 is 14.2 Å². The molecule has 7 heteroatoms. The molecule has 6 nitrogen and oxygen atoms in total. The van der Waals surface area contributed by atoms with Crippen LogP contribution in [0, 0.1) is 0 Å². The third-order valence-electron chi connectivity index (χ3n) is 6.89. The maximum atomic E-state index is 13.0. The van der Waals surface area contributed by atoms with Crippen LogP contribution in [0.15, 0.2) is 18.2 Å². The van der Waals surface area contributed by atoms with Gasteiger partial charge in [-0.25, -0.2) is 14.4 Å². The minimum atomic E-state index is -0.611. The Morgan fingerprint density at radius 1 is 0.475 bits per heavy atom. The number of esters is 3. The SMILES string of the molecule is CCCCCCCCOC(=O)c1ccc(C(=O)OCCCCCCCC)c(C(=O)OCCCCCCCC)c1.[Sn]. The van der Waals surface area contributed by atoms with Crippen molar-refractivity contribution in [2.45, 2.75) is 136 Å². The summed E-state index contributed by atoms with van der Waals surface area (Å²) >= 11 is 0. The zero-order chi connectivity index (χ0) is 28.6. The standard InChI is InChI=1S/C33H54O6.Sn/c1-4-7-10-13-16-19-24-37-31(34)28-22-23-29(32(35)38-25-20-17-14-11-8-5-2)30(27-28)33(36)39-26-21-18-15-12-9-6-3;/h22-23,27H,4-21,24-26H2,1-3H3;. The van der Waals surface area contributed by atoms with Gasteiger partial charge >= 0.3 is 17.9 Å². The molecule has 1 rings (SSSR count). The van der Waals surface area contributed by atoms with Crippen LogP contribution in [-0.2, 0) is 14.2 Å². The molecule has 0 aliphatic carbocycles. The fourth-order valence-corrected chi connectivity index (χ4v) is 4.40. The van der Waals surface area contributed by atoms with E-state index in [1.54, 1.807) is 0 Å². The van der Waals surface area contributed by atoms with Gasteiger partial charge in [0.05, 0.1) is 36.5 Å². The monoisotopic (exact) mass is 666 g/mol. The predicted molar refractivity (Wildman–Crippen MR) is 163 cm³/mol. The summed E-state index contributed by atoms with van der Waals surface area (Å²) in [4.78, 5) is 38.4. The second-order valence-electron chi connectivity index (χ2n) is 10.5. The maximum Gasteiger partial charge on any atom is 0.339 e. The first-order chi connectivity index (χ1) is 19.0. The normalized spacial score (nSPS) is 10.6. The summed E-state index contributed by atoms with van der Waals surface area (Å²) in [5.41, 5.74) is 0.421. The molecule has 0 saturated heterocycles. The van der Waals surface area contributed by atoms with Gasteiger partial charge in [-0.15, -0.1) is 0 Å². The average Bonchev–Trinajstić information content (AvgIpc) is 2.95. The number of hydrogen-bond donors (Lipinski definition) is 0. The van der Waals surface area contributed by atoms with E-state index in [2.05, 4.69) is 20.8 Å². The van der Waals surface area contributed by atoms with E-state index >= 15 is 0 Å². The number of ether oxygens (including phenoxy) is 3. The van der Waals surface area contributed by atoms with Crippen LogP contribution in [-0.4, -0.2) is 61.6 Å². The van der Waals surface area contributed by atoms with Crippen molar-refractivity contribution in [1.82, 2.24) is 0 Å². The average molecular weight is 666 g/mol.